The van der Waals surface area contributed by atoms with Gasteiger partial charge in [0.2, 0.25) is 5.88 Å². The molecule has 7 nitrogen and oxygen atoms in total. The molecule has 1 saturated carbocycles. The van der Waals surface area contributed by atoms with Crippen LogP contribution in [0, 0.1) is 5.92 Å². The standard InChI is InChI=1S/C28H25N3O4/c1-2-35-24(32)18-31-23-16-10-9-15-21(23)25(27(31)34)29-30-26(33)22-17-28(22,19-11-5-3-6-12-19)20-13-7-4-8-14-20/h3-16,22,34H,2,17-18H2,1H3/t22-/m0/s1. The first-order valence-corrected chi connectivity index (χ1v) is 11.6. The fourth-order valence-corrected chi connectivity index (χ4v) is 4.87. The Kier molecular flexibility index (Phi) is 5.91. The summed E-state index contributed by atoms with van der Waals surface area (Å²) >= 11 is 0. The predicted molar refractivity (Wildman–Crippen MR) is 132 cm³/mol. The molecule has 0 saturated heterocycles. The third-order valence-electron chi connectivity index (χ3n) is 6.60. The summed E-state index contributed by atoms with van der Waals surface area (Å²) in [6.07, 6.45) is 0.634. The number of benzene rings is 3. The Hall–Kier alpha value is -4.26. The molecule has 0 unspecified atom stereocenters. The third kappa shape index (κ3) is 3.99. The molecule has 7 heteroatoms. The molecule has 1 fully saturated rings. The number of carbonyl (C=O) groups excluding carboxylic acids is 2. The van der Waals surface area contributed by atoms with Crippen LogP contribution >= 0.6 is 0 Å². The maximum atomic E-state index is 13.2. The molecule has 35 heavy (non-hydrogen) atoms. The number of rotatable bonds is 7. The van der Waals surface area contributed by atoms with Crippen LogP contribution in [0.25, 0.3) is 10.9 Å². The summed E-state index contributed by atoms with van der Waals surface area (Å²) in [6, 6.07) is 27.1. The maximum absolute atomic E-state index is 13.2. The fraction of sp³-hybridized carbons (Fsp3) is 0.214. The summed E-state index contributed by atoms with van der Waals surface area (Å²) < 4.78 is 6.44. The number of hydrogen-bond donors (Lipinski definition) is 1. The number of carbonyl (C=O) groups is 2. The summed E-state index contributed by atoms with van der Waals surface area (Å²) in [5.41, 5.74) is 2.44. The van der Waals surface area contributed by atoms with Crippen molar-refractivity contribution in [3.63, 3.8) is 0 Å². The van der Waals surface area contributed by atoms with Crippen molar-refractivity contribution >= 4 is 28.5 Å². The van der Waals surface area contributed by atoms with Crippen molar-refractivity contribution in [1.29, 1.82) is 0 Å². The number of nitrogens with zero attached hydrogens (tertiary/aromatic N) is 3. The SMILES string of the molecule is CCOC(=O)Cn1c(O)c(N=NC(=O)[C@@H]2CC2(c2ccccc2)c2ccccc2)c2ccccc21. The largest absolute Gasteiger partial charge is 0.493 e. The van der Waals surface area contributed by atoms with E-state index in [1.165, 1.54) is 4.57 Å². The van der Waals surface area contributed by atoms with E-state index in [1.807, 2.05) is 60.7 Å². The average molecular weight is 468 g/mol. The Labute approximate surface area is 202 Å². The quantitative estimate of drug-likeness (QED) is 0.286. The van der Waals surface area contributed by atoms with E-state index in [0.717, 1.165) is 11.1 Å². The van der Waals surface area contributed by atoms with Crippen LogP contribution in [0.3, 0.4) is 0 Å². The van der Waals surface area contributed by atoms with Crippen molar-refractivity contribution in [1.82, 2.24) is 4.57 Å². The lowest BCUT2D eigenvalue weighted by Gasteiger charge is -2.17. The Morgan fingerprint density at radius 3 is 2.20 bits per heavy atom. The molecular formula is C28H25N3O4. The number of amides is 1. The molecule has 3 aromatic carbocycles. The van der Waals surface area contributed by atoms with E-state index in [2.05, 4.69) is 10.2 Å². The second kappa shape index (κ2) is 9.18. The highest BCUT2D eigenvalue weighted by Crippen LogP contribution is 2.59. The van der Waals surface area contributed by atoms with Crippen LogP contribution in [-0.4, -0.2) is 28.2 Å². The van der Waals surface area contributed by atoms with Crippen molar-refractivity contribution in [2.45, 2.75) is 25.3 Å². The number of aromatic hydroxyl groups is 1. The monoisotopic (exact) mass is 467 g/mol. The van der Waals surface area contributed by atoms with E-state index in [1.54, 1.807) is 31.2 Å². The molecule has 0 spiro atoms. The van der Waals surface area contributed by atoms with Crippen LogP contribution in [0.5, 0.6) is 5.88 Å². The Bertz CT molecular complexity index is 1370. The second-order valence-corrected chi connectivity index (χ2v) is 8.58. The molecule has 1 amide bonds. The molecule has 1 aromatic heterocycles. The molecule has 5 rings (SSSR count). The molecule has 1 N–H and O–H groups in total. The number of ether oxygens (including phenoxy) is 1. The van der Waals surface area contributed by atoms with E-state index in [9.17, 15) is 14.7 Å². The summed E-state index contributed by atoms with van der Waals surface area (Å²) in [7, 11) is 0. The number of para-hydroxylation sites is 1. The van der Waals surface area contributed by atoms with Gasteiger partial charge in [-0.3, -0.25) is 14.2 Å². The molecule has 0 radical (unpaired) electrons. The number of hydrogen-bond acceptors (Lipinski definition) is 5. The molecule has 0 aliphatic heterocycles. The van der Waals surface area contributed by atoms with Gasteiger partial charge >= 0.3 is 5.97 Å². The highest BCUT2D eigenvalue weighted by atomic mass is 16.5. The normalized spacial score (nSPS) is 16.4. The lowest BCUT2D eigenvalue weighted by atomic mass is 9.85. The van der Waals surface area contributed by atoms with Gasteiger partial charge in [-0.15, -0.1) is 10.2 Å². The van der Waals surface area contributed by atoms with Crippen LogP contribution in [0.15, 0.2) is 95.2 Å². The minimum absolute atomic E-state index is 0.156. The van der Waals surface area contributed by atoms with E-state index >= 15 is 0 Å². The van der Waals surface area contributed by atoms with Crippen molar-refractivity contribution < 1.29 is 19.4 Å². The van der Waals surface area contributed by atoms with Crippen LogP contribution in [-0.2, 0) is 26.3 Å². The van der Waals surface area contributed by atoms with Gasteiger partial charge in [-0.2, -0.15) is 0 Å². The van der Waals surface area contributed by atoms with Gasteiger partial charge in [-0.25, -0.2) is 0 Å². The topological polar surface area (TPSA) is 93.2 Å². The number of esters is 1. The van der Waals surface area contributed by atoms with Gasteiger partial charge in [0.15, 0.2) is 5.69 Å². The van der Waals surface area contributed by atoms with E-state index < -0.39 is 11.4 Å². The number of azo groups is 1. The minimum atomic E-state index is -0.475. The zero-order chi connectivity index (χ0) is 24.4. The van der Waals surface area contributed by atoms with Crippen molar-refractivity contribution in [2.75, 3.05) is 6.61 Å². The molecule has 1 aliphatic rings. The van der Waals surface area contributed by atoms with Crippen molar-refractivity contribution in [2.24, 2.45) is 16.1 Å². The lowest BCUT2D eigenvalue weighted by Crippen LogP contribution is -2.16. The summed E-state index contributed by atoms with van der Waals surface area (Å²) in [5, 5.41) is 19.7. The second-order valence-electron chi connectivity index (χ2n) is 8.58. The Morgan fingerprint density at radius 2 is 1.57 bits per heavy atom. The van der Waals surface area contributed by atoms with E-state index in [0.29, 0.717) is 17.3 Å². The molecule has 4 aromatic rings. The highest BCUT2D eigenvalue weighted by Gasteiger charge is 2.60. The number of aromatic nitrogens is 1. The summed E-state index contributed by atoms with van der Waals surface area (Å²) in [4.78, 5) is 25.3. The van der Waals surface area contributed by atoms with Gasteiger partial charge in [0, 0.05) is 10.8 Å². The molecule has 176 valence electrons. The minimum Gasteiger partial charge on any atom is -0.493 e. The Morgan fingerprint density at radius 1 is 0.971 bits per heavy atom. The molecule has 0 bridgehead atoms. The first-order valence-electron chi connectivity index (χ1n) is 11.6. The third-order valence-corrected chi connectivity index (χ3v) is 6.60. The van der Waals surface area contributed by atoms with Crippen LogP contribution < -0.4 is 0 Å². The predicted octanol–water partition coefficient (Wildman–Crippen LogP) is 5.53. The van der Waals surface area contributed by atoms with Gasteiger partial charge in [0.05, 0.1) is 18.0 Å². The zero-order valence-electron chi connectivity index (χ0n) is 19.3. The van der Waals surface area contributed by atoms with Gasteiger partial charge in [0.1, 0.15) is 6.54 Å². The average Bonchev–Trinajstić information content (AvgIpc) is 3.60. The van der Waals surface area contributed by atoms with E-state index in [4.69, 9.17) is 4.74 Å². The van der Waals surface area contributed by atoms with E-state index in [-0.39, 0.29) is 36.5 Å². The lowest BCUT2D eigenvalue weighted by molar-refractivity contribution is -0.143. The smallest absolute Gasteiger partial charge is 0.326 e. The highest BCUT2D eigenvalue weighted by molar-refractivity contribution is 5.96. The van der Waals surface area contributed by atoms with Crippen LogP contribution in [0.2, 0.25) is 0 Å². The van der Waals surface area contributed by atoms with Gasteiger partial charge in [-0.05, 0) is 30.5 Å². The molecule has 1 atom stereocenters. The first kappa shape index (κ1) is 22.5. The molecule has 1 aliphatic carbocycles. The Balaban J connectivity index is 1.47. The maximum Gasteiger partial charge on any atom is 0.326 e. The molecular weight excluding hydrogens is 442 g/mol. The number of fused-ring (bicyclic) bond motifs is 1. The van der Waals surface area contributed by atoms with Gasteiger partial charge in [-0.1, -0.05) is 78.9 Å². The summed E-state index contributed by atoms with van der Waals surface area (Å²) in [5.74, 6) is -1.41. The zero-order valence-corrected chi connectivity index (χ0v) is 19.3. The van der Waals surface area contributed by atoms with Gasteiger partial charge < -0.3 is 9.84 Å². The van der Waals surface area contributed by atoms with Crippen LogP contribution in [0.1, 0.15) is 24.5 Å². The molecule has 1 heterocycles. The summed E-state index contributed by atoms with van der Waals surface area (Å²) in [6.45, 7) is 1.79. The van der Waals surface area contributed by atoms with Crippen molar-refractivity contribution in [3.05, 3.63) is 96.1 Å². The fourth-order valence-electron chi connectivity index (χ4n) is 4.87. The van der Waals surface area contributed by atoms with Crippen molar-refractivity contribution in [3.8, 4) is 5.88 Å². The van der Waals surface area contributed by atoms with Gasteiger partial charge in [0.25, 0.3) is 5.91 Å². The first-order chi connectivity index (χ1) is 17.1. The van der Waals surface area contributed by atoms with Crippen LogP contribution in [0.4, 0.5) is 5.69 Å².